The molecule has 0 aliphatic carbocycles. The van der Waals surface area contributed by atoms with Gasteiger partial charge in [-0.25, -0.2) is 4.98 Å². The van der Waals surface area contributed by atoms with Crippen LogP contribution in [0, 0.1) is 20.8 Å². The van der Waals surface area contributed by atoms with Crippen molar-refractivity contribution in [3.8, 4) is 22.3 Å². The first-order valence-electron chi connectivity index (χ1n) is 11.1. The molecule has 160 valence electrons. The van der Waals surface area contributed by atoms with Gasteiger partial charge in [-0.15, -0.1) is 0 Å². The largest absolute Gasteiger partial charge is 0.375 e. The number of benzene rings is 3. The van der Waals surface area contributed by atoms with Crippen LogP contribution in [0.3, 0.4) is 0 Å². The zero-order valence-corrected chi connectivity index (χ0v) is 20.4. The fourth-order valence-electron chi connectivity index (χ4n) is 4.91. The summed E-state index contributed by atoms with van der Waals surface area (Å²) in [6.07, 6.45) is 0. The number of nitrogen functional groups attached to an aromatic ring is 1. The lowest BCUT2D eigenvalue weighted by molar-refractivity contribution is 0.838. The van der Waals surface area contributed by atoms with Crippen molar-refractivity contribution in [1.82, 2.24) is 4.98 Å². The lowest BCUT2D eigenvalue weighted by atomic mass is 9.80. The number of fused-ring (bicyclic) bond motifs is 1. The van der Waals surface area contributed by atoms with E-state index in [2.05, 4.69) is 90.9 Å². The van der Waals surface area contributed by atoms with Gasteiger partial charge in [0.05, 0.1) is 10.2 Å². The summed E-state index contributed by atoms with van der Waals surface area (Å²) < 4.78 is 1.14. The maximum Gasteiger partial charge on any atom is 0.181 e. The Kier molecular flexibility index (Phi) is 5.65. The highest BCUT2D eigenvalue weighted by Crippen LogP contribution is 2.46. The molecule has 0 saturated heterocycles. The molecule has 0 saturated carbocycles. The smallest absolute Gasteiger partial charge is 0.181 e. The Balaban J connectivity index is 2.20. The van der Waals surface area contributed by atoms with Crippen LogP contribution in [0.1, 0.15) is 67.3 Å². The topological polar surface area (TPSA) is 38.9 Å². The Hall–Kier alpha value is -2.65. The van der Waals surface area contributed by atoms with E-state index in [0.29, 0.717) is 17.0 Å². The fourth-order valence-corrected chi connectivity index (χ4v) is 5.65. The molecule has 0 fully saturated rings. The number of hydrogen-bond acceptors (Lipinski definition) is 3. The maximum absolute atomic E-state index is 6.19. The van der Waals surface area contributed by atoms with Crippen LogP contribution in [-0.4, -0.2) is 4.98 Å². The van der Waals surface area contributed by atoms with Crippen LogP contribution in [0.2, 0.25) is 0 Å². The lowest BCUT2D eigenvalue weighted by Crippen LogP contribution is -2.02. The van der Waals surface area contributed by atoms with Crippen molar-refractivity contribution in [2.75, 3.05) is 5.73 Å². The summed E-state index contributed by atoms with van der Waals surface area (Å²) in [6.45, 7) is 15.7. The van der Waals surface area contributed by atoms with Gasteiger partial charge in [-0.1, -0.05) is 81.0 Å². The van der Waals surface area contributed by atoms with Crippen molar-refractivity contribution in [2.45, 2.75) is 60.3 Å². The van der Waals surface area contributed by atoms with Crippen LogP contribution < -0.4 is 5.73 Å². The fraction of sp³-hybridized carbons (Fsp3) is 0.321. The second kappa shape index (κ2) is 8.12. The molecule has 0 aliphatic heterocycles. The Bertz CT molecular complexity index is 1230. The van der Waals surface area contributed by atoms with E-state index in [4.69, 9.17) is 10.7 Å². The molecule has 4 aromatic rings. The summed E-state index contributed by atoms with van der Waals surface area (Å²) in [5.74, 6) is 0.857. The van der Waals surface area contributed by atoms with E-state index in [1.165, 1.54) is 50.1 Å². The highest BCUT2D eigenvalue weighted by atomic mass is 32.1. The van der Waals surface area contributed by atoms with E-state index in [1.54, 1.807) is 11.3 Å². The van der Waals surface area contributed by atoms with E-state index < -0.39 is 0 Å². The molecule has 3 heteroatoms. The van der Waals surface area contributed by atoms with Gasteiger partial charge in [0, 0.05) is 5.56 Å². The predicted molar refractivity (Wildman–Crippen MR) is 137 cm³/mol. The van der Waals surface area contributed by atoms with Crippen molar-refractivity contribution in [1.29, 1.82) is 0 Å². The molecule has 0 spiro atoms. The number of hydrogen-bond donors (Lipinski definition) is 1. The van der Waals surface area contributed by atoms with Crippen LogP contribution in [0.4, 0.5) is 5.13 Å². The molecule has 1 aromatic heterocycles. The molecule has 0 radical (unpaired) electrons. The third-order valence-corrected chi connectivity index (χ3v) is 7.00. The van der Waals surface area contributed by atoms with E-state index in [9.17, 15) is 0 Å². The molecule has 2 N–H and O–H groups in total. The molecule has 0 bridgehead atoms. The summed E-state index contributed by atoms with van der Waals surface area (Å²) >= 11 is 1.57. The third-order valence-electron chi connectivity index (χ3n) is 6.15. The summed E-state index contributed by atoms with van der Waals surface area (Å²) in [5.41, 5.74) is 19.0. The molecule has 0 unspecified atom stereocenters. The van der Waals surface area contributed by atoms with Gasteiger partial charge in [0.1, 0.15) is 0 Å². The second-order valence-corrected chi connectivity index (χ2v) is 10.3. The standard InChI is InChI=1S/C28H32N2S/c1-15(2)20-9-8-10-21(16(3)4)25(20)22-11-12-23-27(30-28(29)31-23)26(22)24-18(6)13-17(5)14-19(24)7/h8-16H,1-7H3,(H2,29,30). The second-order valence-electron chi connectivity index (χ2n) is 9.28. The highest BCUT2D eigenvalue weighted by molar-refractivity contribution is 7.22. The van der Waals surface area contributed by atoms with Gasteiger partial charge in [0.2, 0.25) is 0 Å². The van der Waals surface area contributed by atoms with Crippen molar-refractivity contribution >= 4 is 26.7 Å². The predicted octanol–water partition coefficient (Wildman–Crippen LogP) is 8.38. The van der Waals surface area contributed by atoms with Crippen molar-refractivity contribution < 1.29 is 0 Å². The van der Waals surface area contributed by atoms with E-state index >= 15 is 0 Å². The number of rotatable bonds is 4. The monoisotopic (exact) mass is 428 g/mol. The first-order chi connectivity index (χ1) is 14.7. The quantitative estimate of drug-likeness (QED) is 0.354. The van der Waals surface area contributed by atoms with Crippen LogP contribution in [0.5, 0.6) is 0 Å². The zero-order valence-electron chi connectivity index (χ0n) is 19.6. The van der Waals surface area contributed by atoms with Gasteiger partial charge in [-0.2, -0.15) is 0 Å². The Morgan fingerprint density at radius 3 is 1.90 bits per heavy atom. The lowest BCUT2D eigenvalue weighted by Gasteiger charge is -2.23. The minimum absolute atomic E-state index is 0.429. The van der Waals surface area contributed by atoms with E-state index in [1.807, 2.05) is 0 Å². The Morgan fingerprint density at radius 1 is 0.774 bits per heavy atom. The third kappa shape index (κ3) is 3.76. The molecule has 0 amide bonds. The van der Waals surface area contributed by atoms with Gasteiger partial charge < -0.3 is 5.73 Å². The number of aromatic nitrogens is 1. The summed E-state index contributed by atoms with van der Waals surface area (Å²) in [5, 5.41) is 0.622. The average Bonchev–Trinajstić information content (AvgIpc) is 3.07. The Labute approximate surface area is 190 Å². The molecule has 0 atom stereocenters. The van der Waals surface area contributed by atoms with Gasteiger partial charge in [-0.05, 0) is 77.6 Å². The number of anilines is 1. The molecule has 0 aliphatic rings. The number of aryl methyl sites for hydroxylation is 3. The van der Waals surface area contributed by atoms with Crippen molar-refractivity contribution in [2.24, 2.45) is 0 Å². The molecule has 3 aromatic carbocycles. The minimum atomic E-state index is 0.429. The SMILES string of the molecule is Cc1cc(C)c(-c2c(-c3c(C(C)C)cccc3C(C)C)ccc3sc(N)nc23)c(C)c1. The normalized spacial score (nSPS) is 11.8. The Morgan fingerprint density at radius 2 is 1.35 bits per heavy atom. The maximum atomic E-state index is 6.19. The van der Waals surface area contributed by atoms with Gasteiger partial charge in [0.15, 0.2) is 5.13 Å². The number of nitrogens with two attached hydrogens (primary N) is 1. The molecule has 1 heterocycles. The highest BCUT2D eigenvalue weighted by Gasteiger charge is 2.23. The van der Waals surface area contributed by atoms with Crippen LogP contribution in [-0.2, 0) is 0 Å². The number of thiazole rings is 1. The van der Waals surface area contributed by atoms with Gasteiger partial charge in [-0.3, -0.25) is 0 Å². The summed E-state index contributed by atoms with van der Waals surface area (Å²) in [7, 11) is 0. The first kappa shape index (κ1) is 21.6. The van der Waals surface area contributed by atoms with Gasteiger partial charge in [0.25, 0.3) is 0 Å². The summed E-state index contributed by atoms with van der Waals surface area (Å²) in [4.78, 5) is 4.83. The average molecular weight is 429 g/mol. The van der Waals surface area contributed by atoms with Crippen LogP contribution >= 0.6 is 11.3 Å². The minimum Gasteiger partial charge on any atom is -0.375 e. The van der Waals surface area contributed by atoms with E-state index in [-0.39, 0.29) is 0 Å². The molecule has 31 heavy (non-hydrogen) atoms. The van der Waals surface area contributed by atoms with Crippen molar-refractivity contribution in [3.63, 3.8) is 0 Å². The summed E-state index contributed by atoms with van der Waals surface area (Å²) in [6, 6.07) is 15.8. The molecule has 2 nitrogen and oxygen atoms in total. The molecular formula is C28H32N2S. The van der Waals surface area contributed by atoms with Crippen LogP contribution in [0.25, 0.3) is 32.5 Å². The zero-order chi connectivity index (χ0) is 22.4. The first-order valence-corrected chi connectivity index (χ1v) is 11.9. The number of nitrogens with zero attached hydrogens (tertiary/aromatic N) is 1. The van der Waals surface area contributed by atoms with Gasteiger partial charge >= 0.3 is 0 Å². The van der Waals surface area contributed by atoms with Crippen LogP contribution in [0.15, 0.2) is 42.5 Å². The van der Waals surface area contributed by atoms with Crippen molar-refractivity contribution in [3.05, 3.63) is 70.3 Å². The molecule has 4 rings (SSSR count). The molecular weight excluding hydrogens is 396 g/mol. The van der Waals surface area contributed by atoms with E-state index in [0.717, 1.165) is 10.2 Å².